The quantitative estimate of drug-likeness (QED) is 0.791. The van der Waals surface area contributed by atoms with Crippen molar-refractivity contribution in [3.8, 4) is 0 Å². The van der Waals surface area contributed by atoms with E-state index in [1.54, 1.807) is 6.33 Å². The van der Waals surface area contributed by atoms with Crippen LogP contribution in [0.25, 0.3) is 0 Å². The minimum Gasteiger partial charge on any atom is -0.392 e. The van der Waals surface area contributed by atoms with Crippen molar-refractivity contribution in [2.75, 3.05) is 6.54 Å². The SMILES string of the molecule is CCCn1ncnc1CN1CCCC1C(N)=S. The molecule has 2 N–H and O–H groups in total. The normalized spacial score (nSPS) is 20.9. The second kappa shape index (κ2) is 5.55. The number of hydrogen-bond acceptors (Lipinski definition) is 4. The summed E-state index contributed by atoms with van der Waals surface area (Å²) in [5, 5.41) is 4.23. The fourth-order valence-corrected chi connectivity index (χ4v) is 2.60. The Balaban J connectivity index is 2.04. The van der Waals surface area contributed by atoms with Crippen molar-refractivity contribution >= 4 is 17.2 Å². The van der Waals surface area contributed by atoms with E-state index in [0.717, 1.165) is 44.7 Å². The highest BCUT2D eigenvalue weighted by atomic mass is 32.1. The molecule has 2 heterocycles. The average molecular weight is 253 g/mol. The molecule has 94 valence electrons. The second-order valence-corrected chi connectivity index (χ2v) is 4.90. The molecule has 6 heteroatoms. The number of nitrogens with zero attached hydrogens (tertiary/aromatic N) is 4. The summed E-state index contributed by atoms with van der Waals surface area (Å²) in [4.78, 5) is 7.22. The van der Waals surface area contributed by atoms with Crippen LogP contribution in [0.1, 0.15) is 32.0 Å². The Labute approximate surface area is 107 Å². The predicted octanol–water partition coefficient (Wildman–Crippen LogP) is 0.939. The van der Waals surface area contributed by atoms with Crippen molar-refractivity contribution in [1.29, 1.82) is 0 Å². The van der Waals surface area contributed by atoms with E-state index in [4.69, 9.17) is 18.0 Å². The molecule has 1 fully saturated rings. The van der Waals surface area contributed by atoms with Crippen LogP contribution in [0.4, 0.5) is 0 Å². The highest BCUT2D eigenvalue weighted by Gasteiger charge is 2.27. The van der Waals surface area contributed by atoms with Gasteiger partial charge >= 0.3 is 0 Å². The van der Waals surface area contributed by atoms with Gasteiger partial charge in [0.1, 0.15) is 12.2 Å². The van der Waals surface area contributed by atoms with Crippen LogP contribution in [0.3, 0.4) is 0 Å². The minimum atomic E-state index is 0.233. The maximum atomic E-state index is 5.76. The molecule has 0 saturated carbocycles. The molecule has 1 aromatic heterocycles. The van der Waals surface area contributed by atoms with E-state index < -0.39 is 0 Å². The van der Waals surface area contributed by atoms with Gasteiger partial charge in [0.05, 0.1) is 17.6 Å². The van der Waals surface area contributed by atoms with Crippen LogP contribution in [-0.4, -0.2) is 37.2 Å². The first-order valence-corrected chi connectivity index (χ1v) is 6.53. The van der Waals surface area contributed by atoms with Gasteiger partial charge in [-0.3, -0.25) is 4.90 Å². The van der Waals surface area contributed by atoms with Gasteiger partial charge in [0, 0.05) is 6.54 Å². The van der Waals surface area contributed by atoms with Crippen LogP contribution in [0.5, 0.6) is 0 Å². The van der Waals surface area contributed by atoms with Crippen molar-refractivity contribution in [2.24, 2.45) is 5.73 Å². The lowest BCUT2D eigenvalue weighted by atomic mass is 10.2. The summed E-state index contributed by atoms with van der Waals surface area (Å²) in [6.07, 6.45) is 4.91. The maximum absolute atomic E-state index is 5.76. The van der Waals surface area contributed by atoms with Gasteiger partial charge in [-0.2, -0.15) is 5.10 Å². The summed E-state index contributed by atoms with van der Waals surface area (Å²) in [7, 11) is 0. The monoisotopic (exact) mass is 253 g/mol. The fourth-order valence-electron chi connectivity index (χ4n) is 2.33. The van der Waals surface area contributed by atoms with E-state index in [-0.39, 0.29) is 6.04 Å². The van der Waals surface area contributed by atoms with Gasteiger partial charge in [-0.15, -0.1) is 0 Å². The Morgan fingerprint density at radius 1 is 1.65 bits per heavy atom. The third-order valence-electron chi connectivity index (χ3n) is 3.17. The Morgan fingerprint density at radius 2 is 2.47 bits per heavy atom. The molecule has 2 rings (SSSR count). The summed E-state index contributed by atoms with van der Waals surface area (Å²) in [6.45, 7) is 4.89. The number of likely N-dealkylation sites (tertiary alicyclic amines) is 1. The lowest BCUT2D eigenvalue weighted by Crippen LogP contribution is -2.39. The number of aromatic nitrogens is 3. The molecule has 0 bridgehead atoms. The molecule has 0 radical (unpaired) electrons. The first-order valence-electron chi connectivity index (χ1n) is 6.12. The lowest BCUT2D eigenvalue weighted by Gasteiger charge is -2.22. The zero-order valence-corrected chi connectivity index (χ0v) is 11.0. The first-order chi connectivity index (χ1) is 8.22. The number of hydrogen-bond donors (Lipinski definition) is 1. The topological polar surface area (TPSA) is 60.0 Å². The molecule has 0 amide bonds. The van der Waals surface area contributed by atoms with Crippen molar-refractivity contribution in [1.82, 2.24) is 19.7 Å². The summed E-state index contributed by atoms with van der Waals surface area (Å²) in [5.41, 5.74) is 5.76. The molecule has 1 atom stereocenters. The van der Waals surface area contributed by atoms with Crippen LogP contribution < -0.4 is 5.73 Å². The van der Waals surface area contributed by atoms with E-state index in [2.05, 4.69) is 21.9 Å². The minimum absolute atomic E-state index is 0.233. The van der Waals surface area contributed by atoms with E-state index >= 15 is 0 Å². The van der Waals surface area contributed by atoms with Crippen LogP contribution in [0, 0.1) is 0 Å². The second-order valence-electron chi connectivity index (χ2n) is 4.43. The third-order valence-corrected chi connectivity index (χ3v) is 3.44. The molecule has 1 aliphatic rings. The molecule has 1 unspecified atom stereocenters. The Hall–Kier alpha value is -1.01. The van der Waals surface area contributed by atoms with Gasteiger partial charge in [0.2, 0.25) is 0 Å². The third kappa shape index (κ3) is 2.81. The largest absolute Gasteiger partial charge is 0.392 e. The van der Waals surface area contributed by atoms with Crippen LogP contribution in [0.2, 0.25) is 0 Å². The van der Waals surface area contributed by atoms with Gasteiger partial charge < -0.3 is 5.73 Å². The average Bonchev–Trinajstić information content (AvgIpc) is 2.89. The highest BCUT2D eigenvalue weighted by molar-refractivity contribution is 7.80. The predicted molar refractivity (Wildman–Crippen MR) is 70.5 cm³/mol. The van der Waals surface area contributed by atoms with E-state index in [1.165, 1.54) is 0 Å². The Bertz CT molecular complexity index is 389. The Morgan fingerprint density at radius 3 is 3.18 bits per heavy atom. The van der Waals surface area contributed by atoms with Gasteiger partial charge in [-0.25, -0.2) is 9.67 Å². The zero-order valence-electron chi connectivity index (χ0n) is 10.2. The van der Waals surface area contributed by atoms with Crippen molar-refractivity contribution in [2.45, 2.75) is 45.3 Å². The summed E-state index contributed by atoms with van der Waals surface area (Å²) in [6, 6.07) is 0.233. The van der Waals surface area contributed by atoms with Gasteiger partial charge in [0.15, 0.2) is 0 Å². The molecular weight excluding hydrogens is 234 g/mol. The number of thiocarbonyl (C=S) groups is 1. The Kier molecular flexibility index (Phi) is 4.06. The molecule has 1 aromatic rings. The van der Waals surface area contributed by atoms with Crippen molar-refractivity contribution in [3.05, 3.63) is 12.2 Å². The molecule has 17 heavy (non-hydrogen) atoms. The van der Waals surface area contributed by atoms with Gasteiger partial charge in [-0.05, 0) is 25.8 Å². The highest BCUT2D eigenvalue weighted by Crippen LogP contribution is 2.19. The standard InChI is InChI=1S/C11H19N5S/c1-2-5-16-10(13-8-14-16)7-15-6-3-4-9(15)11(12)17/h8-9H,2-7H2,1H3,(H2,12,17). The molecule has 5 nitrogen and oxygen atoms in total. The summed E-state index contributed by atoms with van der Waals surface area (Å²) >= 11 is 5.11. The molecular formula is C11H19N5S. The first kappa shape index (κ1) is 12.4. The van der Waals surface area contributed by atoms with Crippen LogP contribution in [-0.2, 0) is 13.1 Å². The number of rotatable bonds is 5. The number of aryl methyl sites for hydroxylation is 1. The van der Waals surface area contributed by atoms with Crippen LogP contribution >= 0.6 is 12.2 Å². The van der Waals surface area contributed by atoms with Crippen LogP contribution in [0.15, 0.2) is 6.33 Å². The summed E-state index contributed by atoms with van der Waals surface area (Å²) < 4.78 is 1.97. The smallest absolute Gasteiger partial charge is 0.141 e. The van der Waals surface area contributed by atoms with Crippen molar-refractivity contribution in [3.63, 3.8) is 0 Å². The van der Waals surface area contributed by atoms with E-state index in [9.17, 15) is 0 Å². The molecule has 0 spiro atoms. The molecule has 1 saturated heterocycles. The number of nitrogens with two attached hydrogens (primary N) is 1. The molecule has 1 aliphatic heterocycles. The van der Waals surface area contributed by atoms with Gasteiger partial charge in [-0.1, -0.05) is 19.1 Å². The van der Waals surface area contributed by atoms with Gasteiger partial charge in [0.25, 0.3) is 0 Å². The summed E-state index contributed by atoms with van der Waals surface area (Å²) in [5.74, 6) is 1.01. The molecule has 0 aromatic carbocycles. The zero-order chi connectivity index (χ0) is 12.3. The molecule has 0 aliphatic carbocycles. The lowest BCUT2D eigenvalue weighted by molar-refractivity contribution is 0.280. The fraction of sp³-hybridized carbons (Fsp3) is 0.727. The maximum Gasteiger partial charge on any atom is 0.141 e. The van der Waals surface area contributed by atoms with Crippen molar-refractivity contribution < 1.29 is 0 Å². The van der Waals surface area contributed by atoms with E-state index in [1.807, 2.05) is 4.68 Å². The van der Waals surface area contributed by atoms with E-state index in [0.29, 0.717) is 4.99 Å².